The highest BCUT2D eigenvalue weighted by molar-refractivity contribution is 5.90. The molecule has 0 saturated heterocycles. The van der Waals surface area contributed by atoms with Crippen molar-refractivity contribution >= 4 is 11.7 Å². The second-order valence-corrected chi connectivity index (χ2v) is 3.94. The van der Waals surface area contributed by atoms with Gasteiger partial charge in [0.15, 0.2) is 11.5 Å². The molecule has 0 aliphatic carbocycles. The van der Waals surface area contributed by atoms with Crippen LogP contribution in [0.15, 0.2) is 18.2 Å². The molecule has 0 spiro atoms. The topological polar surface area (TPSA) is 67.8 Å². The van der Waals surface area contributed by atoms with E-state index in [1.807, 2.05) is 12.1 Å². The minimum Gasteiger partial charge on any atom is -0.478 e. The number of hydrogen-bond donors (Lipinski definition) is 2. The van der Waals surface area contributed by atoms with E-state index >= 15 is 0 Å². The molecule has 2 N–H and O–H groups in total. The van der Waals surface area contributed by atoms with Crippen molar-refractivity contribution < 1.29 is 19.4 Å². The van der Waals surface area contributed by atoms with Crippen molar-refractivity contribution in [2.24, 2.45) is 0 Å². The Kier molecular flexibility index (Phi) is 2.18. The maximum atomic E-state index is 10.7. The summed E-state index contributed by atoms with van der Waals surface area (Å²) in [5.41, 5.74) is 2.58. The van der Waals surface area contributed by atoms with Crippen molar-refractivity contribution in [3.05, 3.63) is 29.3 Å². The summed E-state index contributed by atoms with van der Waals surface area (Å²) in [6, 6.07) is 3.76. The first-order chi connectivity index (χ1) is 8.24. The molecule has 1 aromatic rings. The molecule has 0 radical (unpaired) electrons. The van der Waals surface area contributed by atoms with Crippen LogP contribution in [0.4, 0.5) is 0 Å². The van der Waals surface area contributed by atoms with Gasteiger partial charge in [-0.15, -0.1) is 0 Å². The summed E-state index contributed by atoms with van der Waals surface area (Å²) in [4.78, 5) is 10.7. The van der Waals surface area contributed by atoms with Crippen LogP contribution in [0.25, 0.3) is 5.70 Å². The van der Waals surface area contributed by atoms with Crippen LogP contribution < -0.4 is 14.8 Å². The highest BCUT2D eigenvalue weighted by atomic mass is 16.7. The summed E-state index contributed by atoms with van der Waals surface area (Å²) >= 11 is 0. The minimum atomic E-state index is -0.960. The second kappa shape index (κ2) is 3.69. The smallest absolute Gasteiger partial charge is 0.330 e. The van der Waals surface area contributed by atoms with Crippen LogP contribution in [-0.2, 0) is 11.2 Å². The standard InChI is InChI=1S/C12H11NO4/c14-12(15)5-9-8-4-11-10(16-6-17-11)3-7(8)1-2-13-9/h3-5,13H,1-2,6H2,(H,14,15). The SMILES string of the molecule is O=C(O)C=C1NCCc2cc3c(cc21)OCO3. The summed E-state index contributed by atoms with van der Waals surface area (Å²) in [5, 5.41) is 11.9. The zero-order valence-electron chi connectivity index (χ0n) is 9.03. The van der Waals surface area contributed by atoms with Gasteiger partial charge < -0.3 is 19.9 Å². The van der Waals surface area contributed by atoms with E-state index in [1.54, 1.807) is 0 Å². The first kappa shape index (κ1) is 10.0. The Labute approximate surface area is 97.7 Å². The zero-order chi connectivity index (χ0) is 11.8. The lowest BCUT2D eigenvalue weighted by Gasteiger charge is -2.21. The molecule has 0 unspecified atom stereocenters. The number of hydrogen-bond acceptors (Lipinski definition) is 4. The molecule has 0 bridgehead atoms. The molecule has 17 heavy (non-hydrogen) atoms. The van der Waals surface area contributed by atoms with Crippen LogP contribution in [0, 0.1) is 0 Å². The average molecular weight is 233 g/mol. The van der Waals surface area contributed by atoms with Crippen molar-refractivity contribution in [2.75, 3.05) is 13.3 Å². The fourth-order valence-electron chi connectivity index (χ4n) is 2.12. The Bertz CT molecular complexity index is 521. The molecule has 3 rings (SSSR count). The van der Waals surface area contributed by atoms with E-state index < -0.39 is 5.97 Å². The van der Waals surface area contributed by atoms with Crippen molar-refractivity contribution in [1.82, 2.24) is 5.32 Å². The van der Waals surface area contributed by atoms with Crippen LogP contribution in [0.3, 0.4) is 0 Å². The highest BCUT2D eigenvalue weighted by Gasteiger charge is 2.21. The second-order valence-electron chi connectivity index (χ2n) is 3.94. The van der Waals surface area contributed by atoms with E-state index in [9.17, 15) is 4.79 Å². The molecule has 0 amide bonds. The Morgan fingerprint density at radius 2 is 2.12 bits per heavy atom. The van der Waals surface area contributed by atoms with Crippen LogP contribution in [0.5, 0.6) is 11.5 Å². The van der Waals surface area contributed by atoms with Crippen molar-refractivity contribution in [3.8, 4) is 11.5 Å². The Balaban J connectivity index is 2.11. The van der Waals surface area contributed by atoms with Gasteiger partial charge in [0, 0.05) is 23.9 Å². The number of nitrogens with one attached hydrogen (secondary N) is 1. The van der Waals surface area contributed by atoms with E-state index in [-0.39, 0.29) is 6.79 Å². The summed E-state index contributed by atoms with van der Waals surface area (Å²) in [7, 11) is 0. The summed E-state index contributed by atoms with van der Waals surface area (Å²) in [6.07, 6.45) is 2.03. The molecule has 5 nitrogen and oxygen atoms in total. The first-order valence-corrected chi connectivity index (χ1v) is 5.35. The third kappa shape index (κ3) is 1.69. The number of rotatable bonds is 1. The lowest BCUT2D eigenvalue weighted by molar-refractivity contribution is -0.131. The van der Waals surface area contributed by atoms with Gasteiger partial charge in [0.1, 0.15) is 0 Å². The van der Waals surface area contributed by atoms with Crippen LogP contribution in [0.1, 0.15) is 11.1 Å². The number of benzene rings is 1. The van der Waals surface area contributed by atoms with E-state index in [4.69, 9.17) is 14.6 Å². The fraction of sp³-hybridized carbons (Fsp3) is 0.250. The molecular weight excluding hydrogens is 222 g/mol. The van der Waals surface area contributed by atoms with Gasteiger partial charge in [-0.2, -0.15) is 0 Å². The van der Waals surface area contributed by atoms with E-state index in [2.05, 4.69) is 5.32 Å². The van der Waals surface area contributed by atoms with Gasteiger partial charge in [0.05, 0.1) is 0 Å². The molecule has 0 saturated carbocycles. The number of carboxylic acid groups (broad SMARTS) is 1. The molecule has 0 aromatic heterocycles. The normalized spacial score (nSPS) is 18.7. The van der Waals surface area contributed by atoms with Crippen LogP contribution >= 0.6 is 0 Å². The number of fused-ring (bicyclic) bond motifs is 2. The number of carboxylic acids is 1. The molecular formula is C12H11NO4. The Morgan fingerprint density at radius 3 is 2.88 bits per heavy atom. The molecule has 5 heteroatoms. The first-order valence-electron chi connectivity index (χ1n) is 5.35. The van der Waals surface area contributed by atoms with E-state index in [0.717, 1.165) is 29.8 Å². The molecule has 0 atom stereocenters. The highest BCUT2D eigenvalue weighted by Crippen LogP contribution is 2.37. The third-order valence-corrected chi connectivity index (χ3v) is 2.87. The monoisotopic (exact) mass is 233 g/mol. The maximum Gasteiger partial charge on any atom is 0.330 e. The van der Waals surface area contributed by atoms with E-state index in [0.29, 0.717) is 11.4 Å². The van der Waals surface area contributed by atoms with Crippen molar-refractivity contribution in [1.29, 1.82) is 0 Å². The predicted molar refractivity (Wildman–Crippen MR) is 59.9 cm³/mol. The van der Waals surface area contributed by atoms with Crippen molar-refractivity contribution in [2.45, 2.75) is 6.42 Å². The van der Waals surface area contributed by atoms with Crippen molar-refractivity contribution in [3.63, 3.8) is 0 Å². The molecule has 88 valence electrons. The zero-order valence-corrected chi connectivity index (χ0v) is 9.03. The van der Waals surface area contributed by atoms with Crippen LogP contribution in [-0.4, -0.2) is 24.4 Å². The molecule has 2 aliphatic rings. The molecule has 2 heterocycles. The summed E-state index contributed by atoms with van der Waals surface area (Å²) < 4.78 is 10.6. The van der Waals surface area contributed by atoms with Gasteiger partial charge in [-0.3, -0.25) is 0 Å². The quantitative estimate of drug-likeness (QED) is 0.708. The van der Waals surface area contributed by atoms with Gasteiger partial charge in [0.2, 0.25) is 6.79 Å². The third-order valence-electron chi connectivity index (χ3n) is 2.87. The van der Waals surface area contributed by atoms with Gasteiger partial charge in [-0.25, -0.2) is 4.79 Å². The van der Waals surface area contributed by atoms with Gasteiger partial charge >= 0.3 is 5.97 Å². The lowest BCUT2D eigenvalue weighted by atomic mass is 9.97. The van der Waals surface area contributed by atoms with Crippen LogP contribution in [0.2, 0.25) is 0 Å². The number of carbonyl (C=O) groups is 1. The molecule has 1 aromatic carbocycles. The molecule has 2 aliphatic heterocycles. The summed E-state index contributed by atoms with van der Waals surface area (Å²) in [5.74, 6) is 0.446. The van der Waals surface area contributed by atoms with E-state index in [1.165, 1.54) is 6.08 Å². The Morgan fingerprint density at radius 1 is 1.35 bits per heavy atom. The molecule has 0 fully saturated rings. The lowest BCUT2D eigenvalue weighted by Crippen LogP contribution is -2.23. The maximum absolute atomic E-state index is 10.7. The largest absolute Gasteiger partial charge is 0.478 e. The summed E-state index contributed by atoms with van der Waals surface area (Å²) in [6.45, 7) is 0.954. The van der Waals surface area contributed by atoms with Gasteiger partial charge in [0.25, 0.3) is 0 Å². The average Bonchev–Trinajstić information content (AvgIpc) is 2.73. The number of aliphatic carboxylic acids is 1. The van der Waals surface area contributed by atoms with Gasteiger partial charge in [-0.1, -0.05) is 0 Å². The van der Waals surface area contributed by atoms with Gasteiger partial charge in [-0.05, 0) is 24.1 Å². The Hall–Kier alpha value is -2.17. The predicted octanol–water partition coefficient (Wildman–Crippen LogP) is 0.987. The fourth-order valence-corrected chi connectivity index (χ4v) is 2.12. The number of ether oxygens (including phenoxy) is 2. The minimum absolute atomic E-state index is 0.226.